The van der Waals surface area contributed by atoms with Crippen LogP contribution in [0.1, 0.15) is 46.9 Å². The van der Waals surface area contributed by atoms with Crippen LogP contribution in [0.3, 0.4) is 0 Å². The fourth-order valence-corrected chi connectivity index (χ4v) is 8.50. The molecule has 0 aromatic heterocycles. The second-order valence-electron chi connectivity index (χ2n) is 14.6. The molecule has 292 valence electrons. The zero-order valence-corrected chi connectivity index (χ0v) is 32.5. The highest BCUT2D eigenvalue weighted by Crippen LogP contribution is 2.41. The summed E-state index contributed by atoms with van der Waals surface area (Å²) in [6.07, 6.45) is -2.36. The summed E-state index contributed by atoms with van der Waals surface area (Å²) >= 11 is 1.69. The maximum atomic E-state index is 7.07. The van der Waals surface area contributed by atoms with Gasteiger partial charge in [0.2, 0.25) is 0 Å². The highest BCUT2D eigenvalue weighted by Gasteiger charge is 2.48. The van der Waals surface area contributed by atoms with Crippen molar-refractivity contribution in [1.29, 1.82) is 0 Å². The van der Waals surface area contributed by atoms with Crippen LogP contribution in [0.5, 0.6) is 0 Å². The van der Waals surface area contributed by atoms with Crippen molar-refractivity contribution in [3.05, 3.63) is 173 Å². The molecule has 0 radical (unpaired) electrons. The minimum atomic E-state index is -0.618. The van der Waals surface area contributed by atoms with E-state index in [2.05, 4.69) is 67.6 Å². The maximum Gasteiger partial charge on any atom is 0.184 e. The number of benzene rings is 5. The Labute approximate surface area is 334 Å². The molecule has 9 heteroatoms. The topological polar surface area (TPSA) is 73.8 Å². The number of aryl methyl sites for hydroxylation is 1. The molecule has 8 nitrogen and oxygen atoms in total. The largest absolute Gasteiger partial charge is 0.374 e. The van der Waals surface area contributed by atoms with Crippen LogP contribution in [-0.4, -0.2) is 61.6 Å². The number of fused-ring (bicyclic) bond motifs is 1. The van der Waals surface area contributed by atoms with E-state index >= 15 is 0 Å². The minimum Gasteiger partial charge on any atom is -0.374 e. The molecule has 0 spiro atoms. The molecular formula is C47H50O8S. The Kier molecular flexibility index (Phi) is 13.6. The van der Waals surface area contributed by atoms with Gasteiger partial charge in [0.15, 0.2) is 12.6 Å². The van der Waals surface area contributed by atoms with Crippen molar-refractivity contribution in [1.82, 2.24) is 0 Å². The normalized spacial score (nSPS) is 27.7. The van der Waals surface area contributed by atoms with Gasteiger partial charge in [-0.1, -0.05) is 151 Å². The van der Waals surface area contributed by atoms with Gasteiger partial charge in [-0.05, 0) is 35.7 Å². The van der Waals surface area contributed by atoms with Gasteiger partial charge in [-0.15, -0.1) is 0 Å². The Morgan fingerprint density at radius 1 is 0.607 bits per heavy atom. The molecule has 3 fully saturated rings. The highest BCUT2D eigenvalue weighted by atomic mass is 32.2. The van der Waals surface area contributed by atoms with E-state index in [0.29, 0.717) is 45.9 Å². The van der Waals surface area contributed by atoms with E-state index in [1.807, 2.05) is 84.9 Å². The Morgan fingerprint density at radius 3 is 1.88 bits per heavy atom. The van der Waals surface area contributed by atoms with Crippen LogP contribution < -0.4 is 0 Å². The molecule has 0 amide bonds. The molecule has 0 saturated carbocycles. The summed E-state index contributed by atoms with van der Waals surface area (Å²) in [5, 5.41) is 0. The molecule has 0 N–H and O–H groups in total. The van der Waals surface area contributed by atoms with Gasteiger partial charge < -0.3 is 37.9 Å². The van der Waals surface area contributed by atoms with Crippen molar-refractivity contribution in [2.24, 2.45) is 0 Å². The van der Waals surface area contributed by atoms with Crippen LogP contribution in [-0.2, 0) is 57.7 Å². The fraction of sp³-hybridized carbons (Fsp3) is 0.362. The van der Waals surface area contributed by atoms with E-state index < -0.39 is 24.8 Å². The number of hydrogen-bond donors (Lipinski definition) is 0. The van der Waals surface area contributed by atoms with Crippen molar-refractivity contribution >= 4 is 11.8 Å². The third kappa shape index (κ3) is 10.5. The molecule has 3 heterocycles. The third-order valence-corrected chi connectivity index (χ3v) is 11.4. The van der Waals surface area contributed by atoms with Gasteiger partial charge in [-0.25, -0.2) is 0 Å². The standard InChI is InChI=1S/C47H50O8S/c1-33-22-24-38(25-23-33)56-44-27-40(46-42(54-44)32-51-47(55-46)37-20-12-5-13-21-37)52-43-26-39(49-29-35-16-8-3-9-17-35)45(50-30-36-18-10-4-11-19-36)41(53-43)31-48-28-34-14-6-2-7-15-34/h2-25,39-47H,26-32H2,1H3/t39-,40-,41-,42-,43+,44-,45+,46+,47?/m1/s1. The van der Waals surface area contributed by atoms with Gasteiger partial charge in [-0.2, -0.15) is 0 Å². The second-order valence-corrected chi connectivity index (χ2v) is 15.8. The second kappa shape index (κ2) is 19.5. The van der Waals surface area contributed by atoms with E-state index in [1.165, 1.54) is 5.56 Å². The zero-order valence-electron chi connectivity index (χ0n) is 31.7. The summed E-state index contributed by atoms with van der Waals surface area (Å²) in [5.74, 6) is 0. The lowest BCUT2D eigenvalue weighted by Crippen LogP contribution is -2.58. The van der Waals surface area contributed by atoms with E-state index in [-0.39, 0.29) is 29.9 Å². The third-order valence-electron chi connectivity index (χ3n) is 10.3. The Bertz CT molecular complexity index is 1880. The van der Waals surface area contributed by atoms with Gasteiger partial charge in [0, 0.05) is 23.3 Å². The highest BCUT2D eigenvalue weighted by molar-refractivity contribution is 7.99. The van der Waals surface area contributed by atoms with E-state index in [1.54, 1.807) is 11.8 Å². The number of rotatable bonds is 15. The first kappa shape index (κ1) is 39.0. The molecule has 3 saturated heterocycles. The molecular weight excluding hydrogens is 725 g/mol. The Balaban J connectivity index is 1.05. The van der Waals surface area contributed by atoms with Crippen LogP contribution in [0.15, 0.2) is 150 Å². The van der Waals surface area contributed by atoms with Crippen LogP contribution >= 0.6 is 11.8 Å². The maximum absolute atomic E-state index is 7.07. The van der Waals surface area contributed by atoms with E-state index in [0.717, 1.165) is 27.1 Å². The van der Waals surface area contributed by atoms with Crippen molar-refractivity contribution in [3.8, 4) is 0 Å². The molecule has 9 atom stereocenters. The van der Waals surface area contributed by atoms with Gasteiger partial charge in [0.25, 0.3) is 0 Å². The monoisotopic (exact) mass is 774 g/mol. The van der Waals surface area contributed by atoms with Crippen LogP contribution in [0, 0.1) is 6.92 Å². The minimum absolute atomic E-state index is 0.176. The van der Waals surface area contributed by atoms with Crippen molar-refractivity contribution < 1.29 is 37.9 Å². The molecule has 5 aromatic carbocycles. The van der Waals surface area contributed by atoms with Gasteiger partial charge in [0.05, 0.1) is 45.2 Å². The molecule has 0 bridgehead atoms. The lowest BCUT2D eigenvalue weighted by molar-refractivity contribution is -0.340. The zero-order chi connectivity index (χ0) is 37.9. The lowest BCUT2D eigenvalue weighted by Gasteiger charge is -2.48. The predicted molar refractivity (Wildman–Crippen MR) is 215 cm³/mol. The smallest absolute Gasteiger partial charge is 0.184 e. The number of thioether (sulfide) groups is 1. The van der Waals surface area contributed by atoms with Crippen LogP contribution in [0.2, 0.25) is 0 Å². The first-order valence-electron chi connectivity index (χ1n) is 19.6. The predicted octanol–water partition coefficient (Wildman–Crippen LogP) is 9.20. The lowest BCUT2D eigenvalue weighted by atomic mass is 9.98. The Morgan fingerprint density at radius 2 is 1.21 bits per heavy atom. The van der Waals surface area contributed by atoms with E-state index in [9.17, 15) is 0 Å². The molecule has 5 aromatic rings. The van der Waals surface area contributed by atoms with Crippen molar-refractivity contribution in [2.45, 2.75) is 99.1 Å². The van der Waals surface area contributed by atoms with E-state index in [4.69, 9.17) is 37.9 Å². The molecule has 3 aliphatic heterocycles. The molecule has 1 unspecified atom stereocenters. The summed E-state index contributed by atoms with van der Waals surface area (Å²) in [6.45, 7) is 4.07. The van der Waals surface area contributed by atoms with Gasteiger partial charge in [0.1, 0.15) is 29.9 Å². The first-order chi connectivity index (χ1) is 27.6. The number of ether oxygens (including phenoxy) is 8. The van der Waals surface area contributed by atoms with Gasteiger partial charge in [-0.3, -0.25) is 0 Å². The van der Waals surface area contributed by atoms with Gasteiger partial charge >= 0.3 is 0 Å². The first-order valence-corrected chi connectivity index (χ1v) is 20.5. The summed E-state index contributed by atoms with van der Waals surface area (Å²) < 4.78 is 53.4. The summed E-state index contributed by atoms with van der Waals surface area (Å²) in [4.78, 5) is 1.13. The molecule has 0 aliphatic carbocycles. The summed E-state index contributed by atoms with van der Waals surface area (Å²) in [6, 6.07) is 49.1. The molecule has 8 rings (SSSR count). The summed E-state index contributed by atoms with van der Waals surface area (Å²) in [7, 11) is 0. The van der Waals surface area contributed by atoms with Crippen molar-refractivity contribution in [2.75, 3.05) is 13.2 Å². The van der Waals surface area contributed by atoms with Crippen molar-refractivity contribution in [3.63, 3.8) is 0 Å². The summed E-state index contributed by atoms with van der Waals surface area (Å²) in [5.41, 5.74) is 5.24. The van der Waals surface area contributed by atoms with Crippen LogP contribution in [0.4, 0.5) is 0 Å². The number of hydrogen-bond acceptors (Lipinski definition) is 9. The quantitative estimate of drug-likeness (QED) is 0.104. The fourth-order valence-electron chi connectivity index (χ4n) is 7.42. The SMILES string of the molecule is Cc1ccc(S[C@@H]2C[C@@H](O[C@@H]3C[C@@H](OCc4ccccc4)[C@H](OCc4ccccc4)[C@@H](COCc4ccccc4)O3)[C@@H]3OC(c4ccccc4)OC[C@H]3O2)cc1. The Hall–Kier alpha value is -3.87. The average molecular weight is 775 g/mol. The molecule has 3 aliphatic rings. The van der Waals surface area contributed by atoms with Crippen LogP contribution in [0.25, 0.3) is 0 Å². The average Bonchev–Trinajstić information content (AvgIpc) is 3.24. The molecule has 56 heavy (non-hydrogen) atoms.